The summed E-state index contributed by atoms with van der Waals surface area (Å²) in [4.78, 5) is 72.8. The van der Waals surface area contributed by atoms with Crippen molar-refractivity contribution < 1.29 is 80.2 Å². The number of hydrogen-bond donors (Lipinski definition) is 3. The van der Waals surface area contributed by atoms with Gasteiger partial charge in [-0.15, -0.1) is 0 Å². The molecule has 0 fully saturated rings. The molecule has 0 spiro atoms. The standard InChI is InChI=1S/C80H156O17P2/c1-7-10-12-14-16-18-19-20-21-22-23-27-30-33-36-39-45-51-57-63-78(83)91-69-75(96-79(84)64-58-52-46-40-37-34-31-28-25-24-26-29-32-35-38-43-49-55-61-73(6)9-3)70-94-98(86,87)92-66-74(81)67-93-99(88,89)95-71-76(68-90-77(82)62-56-50-44-17-15-13-11-8-2)97-80(85)65-59-53-47-41-42-48-54-60-72(4)5/h72-76,81H,7-71H2,1-6H3,(H,86,87)(H,88,89)/t73?,74-,75-,76-/m1/s1. The van der Waals surface area contributed by atoms with E-state index in [-0.39, 0.29) is 25.7 Å². The number of rotatable bonds is 79. The molecule has 3 unspecified atom stereocenters. The van der Waals surface area contributed by atoms with Crippen LogP contribution in [-0.4, -0.2) is 96.7 Å². The number of unbranched alkanes of at least 4 members (excludes halogenated alkanes) is 48. The first-order valence-electron chi connectivity index (χ1n) is 41.5. The number of phosphoric acid groups is 2. The number of ether oxygens (including phenoxy) is 4. The van der Waals surface area contributed by atoms with Crippen molar-refractivity contribution in [3.05, 3.63) is 0 Å². The van der Waals surface area contributed by atoms with Gasteiger partial charge >= 0.3 is 39.5 Å². The molecular formula is C80H156O17P2. The lowest BCUT2D eigenvalue weighted by Gasteiger charge is -2.21. The second kappa shape index (κ2) is 71.7. The molecule has 588 valence electrons. The van der Waals surface area contributed by atoms with E-state index in [2.05, 4.69) is 41.5 Å². The average Bonchev–Trinajstić information content (AvgIpc) is 0.992. The molecule has 0 bridgehead atoms. The summed E-state index contributed by atoms with van der Waals surface area (Å²) < 4.78 is 68.5. The maximum absolute atomic E-state index is 13.1. The highest BCUT2D eigenvalue weighted by Gasteiger charge is 2.30. The van der Waals surface area contributed by atoms with Crippen LogP contribution in [0.3, 0.4) is 0 Å². The van der Waals surface area contributed by atoms with Gasteiger partial charge in [0.15, 0.2) is 12.2 Å². The van der Waals surface area contributed by atoms with E-state index < -0.39 is 97.5 Å². The Labute approximate surface area is 607 Å². The zero-order valence-electron chi connectivity index (χ0n) is 64.8. The van der Waals surface area contributed by atoms with Crippen LogP contribution in [0.5, 0.6) is 0 Å². The van der Waals surface area contributed by atoms with Crippen molar-refractivity contribution >= 4 is 39.5 Å². The van der Waals surface area contributed by atoms with Gasteiger partial charge < -0.3 is 33.8 Å². The van der Waals surface area contributed by atoms with Crippen LogP contribution in [0.15, 0.2) is 0 Å². The number of phosphoric ester groups is 2. The molecule has 0 aliphatic rings. The quantitative estimate of drug-likeness (QED) is 0.0222. The summed E-state index contributed by atoms with van der Waals surface area (Å²) >= 11 is 0. The van der Waals surface area contributed by atoms with Gasteiger partial charge in [-0.05, 0) is 37.5 Å². The Morgan fingerprint density at radius 3 is 0.768 bits per heavy atom. The lowest BCUT2D eigenvalue weighted by Crippen LogP contribution is -2.30. The van der Waals surface area contributed by atoms with Crippen molar-refractivity contribution in [1.29, 1.82) is 0 Å². The third kappa shape index (κ3) is 72.8. The highest BCUT2D eigenvalue weighted by molar-refractivity contribution is 7.47. The van der Waals surface area contributed by atoms with Gasteiger partial charge in [-0.2, -0.15) is 0 Å². The predicted octanol–water partition coefficient (Wildman–Crippen LogP) is 23.9. The van der Waals surface area contributed by atoms with Crippen LogP contribution >= 0.6 is 15.6 Å². The first-order valence-corrected chi connectivity index (χ1v) is 44.5. The molecule has 3 N–H and O–H groups in total. The molecule has 0 saturated heterocycles. The van der Waals surface area contributed by atoms with E-state index in [9.17, 15) is 43.2 Å². The number of aliphatic hydroxyl groups excluding tert-OH is 1. The highest BCUT2D eigenvalue weighted by atomic mass is 31.2. The lowest BCUT2D eigenvalue weighted by atomic mass is 9.99. The van der Waals surface area contributed by atoms with E-state index in [0.29, 0.717) is 31.6 Å². The van der Waals surface area contributed by atoms with E-state index in [1.807, 2.05) is 0 Å². The second-order valence-electron chi connectivity index (χ2n) is 29.5. The molecule has 0 aliphatic heterocycles. The molecule has 0 saturated carbocycles. The van der Waals surface area contributed by atoms with E-state index in [1.165, 1.54) is 231 Å². The van der Waals surface area contributed by atoms with Crippen LogP contribution in [0, 0.1) is 11.8 Å². The van der Waals surface area contributed by atoms with Crippen molar-refractivity contribution in [2.75, 3.05) is 39.6 Å². The first kappa shape index (κ1) is 97.1. The summed E-state index contributed by atoms with van der Waals surface area (Å²) in [7, 11) is -9.91. The fourth-order valence-electron chi connectivity index (χ4n) is 12.3. The van der Waals surface area contributed by atoms with Crippen molar-refractivity contribution in [3.63, 3.8) is 0 Å². The van der Waals surface area contributed by atoms with Crippen molar-refractivity contribution in [2.24, 2.45) is 11.8 Å². The van der Waals surface area contributed by atoms with Crippen molar-refractivity contribution in [3.8, 4) is 0 Å². The fraction of sp³-hybridized carbons (Fsp3) is 0.950. The van der Waals surface area contributed by atoms with Crippen LogP contribution in [0.2, 0.25) is 0 Å². The molecule has 6 atom stereocenters. The van der Waals surface area contributed by atoms with Gasteiger partial charge in [-0.3, -0.25) is 37.3 Å². The third-order valence-electron chi connectivity index (χ3n) is 19.1. The van der Waals surface area contributed by atoms with Crippen LogP contribution in [0.25, 0.3) is 0 Å². The Morgan fingerprint density at radius 1 is 0.293 bits per heavy atom. The molecule has 0 rings (SSSR count). The minimum atomic E-state index is -4.96. The highest BCUT2D eigenvalue weighted by Crippen LogP contribution is 2.45. The van der Waals surface area contributed by atoms with Crippen LogP contribution in [-0.2, 0) is 65.4 Å². The minimum absolute atomic E-state index is 0.104. The molecule has 0 amide bonds. The predicted molar refractivity (Wildman–Crippen MR) is 405 cm³/mol. The van der Waals surface area contributed by atoms with Crippen LogP contribution < -0.4 is 0 Å². The van der Waals surface area contributed by atoms with Gasteiger partial charge in [0, 0.05) is 25.7 Å². The summed E-state index contributed by atoms with van der Waals surface area (Å²) in [5.41, 5.74) is 0. The van der Waals surface area contributed by atoms with E-state index in [0.717, 1.165) is 102 Å². The number of hydrogen-bond acceptors (Lipinski definition) is 15. The van der Waals surface area contributed by atoms with Crippen LogP contribution in [0.1, 0.15) is 420 Å². The Bertz CT molecular complexity index is 1910. The molecule has 17 nitrogen and oxygen atoms in total. The third-order valence-corrected chi connectivity index (χ3v) is 21.0. The molecule has 0 aromatic carbocycles. The van der Waals surface area contributed by atoms with E-state index in [4.69, 9.17) is 37.0 Å². The molecule has 0 aliphatic carbocycles. The summed E-state index contributed by atoms with van der Waals surface area (Å²) in [5.74, 6) is -0.550. The van der Waals surface area contributed by atoms with E-state index >= 15 is 0 Å². The maximum Gasteiger partial charge on any atom is 0.472 e. The maximum atomic E-state index is 13.1. The molecule has 99 heavy (non-hydrogen) atoms. The molecule has 0 heterocycles. The molecule has 0 aromatic heterocycles. The van der Waals surface area contributed by atoms with Crippen molar-refractivity contribution in [2.45, 2.75) is 439 Å². The van der Waals surface area contributed by atoms with E-state index in [1.54, 1.807) is 0 Å². The fourth-order valence-corrected chi connectivity index (χ4v) is 13.9. The van der Waals surface area contributed by atoms with Gasteiger partial charge in [0.25, 0.3) is 0 Å². The number of aliphatic hydroxyl groups is 1. The van der Waals surface area contributed by atoms with Crippen LogP contribution in [0.4, 0.5) is 0 Å². The summed E-state index contributed by atoms with van der Waals surface area (Å²) in [5, 5.41) is 10.6. The number of esters is 4. The minimum Gasteiger partial charge on any atom is -0.462 e. The Hall–Kier alpha value is -1.94. The normalized spacial score (nSPS) is 14.2. The zero-order valence-corrected chi connectivity index (χ0v) is 66.6. The van der Waals surface area contributed by atoms with Gasteiger partial charge in [-0.25, -0.2) is 9.13 Å². The average molecular weight is 1450 g/mol. The second-order valence-corrected chi connectivity index (χ2v) is 32.4. The SMILES string of the molecule is CCCCCCCCCCCCCCCCCCCCCC(=O)OC[C@H](COP(=O)(O)OC[C@@H](O)COP(=O)(O)OC[C@@H](COC(=O)CCCCCCCCCC)OC(=O)CCCCCCCCCC(C)C)OC(=O)CCCCCCCCCCCCCCCCCCCCC(C)CC. The first-order chi connectivity index (χ1) is 47.9. The largest absolute Gasteiger partial charge is 0.472 e. The molecule has 0 radical (unpaired) electrons. The summed E-state index contributed by atoms with van der Waals surface area (Å²) in [6.45, 7) is 9.59. The van der Waals surface area contributed by atoms with Gasteiger partial charge in [0.05, 0.1) is 26.4 Å². The zero-order chi connectivity index (χ0) is 72.8. The van der Waals surface area contributed by atoms with Gasteiger partial charge in [0.1, 0.15) is 19.3 Å². The van der Waals surface area contributed by atoms with Gasteiger partial charge in [0.2, 0.25) is 0 Å². The molecule has 0 aromatic rings. The lowest BCUT2D eigenvalue weighted by molar-refractivity contribution is -0.161. The number of carbonyl (C=O) groups excluding carboxylic acids is 4. The smallest absolute Gasteiger partial charge is 0.462 e. The number of carbonyl (C=O) groups is 4. The Morgan fingerprint density at radius 2 is 0.515 bits per heavy atom. The Balaban J connectivity index is 5.16. The topological polar surface area (TPSA) is 237 Å². The Kier molecular flexibility index (Phi) is 70.3. The summed E-state index contributed by atoms with van der Waals surface area (Å²) in [6, 6.07) is 0. The summed E-state index contributed by atoms with van der Waals surface area (Å²) in [6.07, 6.45) is 61.4. The van der Waals surface area contributed by atoms with Gasteiger partial charge in [-0.1, -0.05) is 369 Å². The molecule has 19 heteroatoms. The molecular weight excluding hydrogens is 1290 g/mol. The van der Waals surface area contributed by atoms with Crippen molar-refractivity contribution in [1.82, 2.24) is 0 Å². The monoisotopic (exact) mass is 1450 g/mol.